The lowest BCUT2D eigenvalue weighted by atomic mass is 9.91. The van der Waals surface area contributed by atoms with Gasteiger partial charge in [0.05, 0.1) is 11.5 Å². The molecule has 110 valence electrons. The van der Waals surface area contributed by atoms with Gasteiger partial charge in [0.25, 0.3) is 0 Å². The molecule has 0 spiro atoms. The monoisotopic (exact) mass is 279 g/mol. The molecule has 0 unspecified atom stereocenters. The number of hydrogen-bond acceptors (Lipinski definition) is 5. The van der Waals surface area contributed by atoms with E-state index in [1.165, 1.54) is 12.5 Å². The van der Waals surface area contributed by atoms with E-state index in [0.29, 0.717) is 12.4 Å². The lowest BCUT2D eigenvalue weighted by Crippen LogP contribution is -2.42. The molecule has 0 heterocycles. The minimum Gasteiger partial charge on any atom is -0.487 e. The summed E-state index contributed by atoms with van der Waals surface area (Å²) >= 11 is 0. The van der Waals surface area contributed by atoms with E-state index in [4.69, 9.17) is 10.5 Å². The van der Waals surface area contributed by atoms with Gasteiger partial charge in [0, 0.05) is 29.9 Å². The minimum absolute atomic E-state index is 0.00894. The molecule has 1 saturated carbocycles. The molecule has 1 fully saturated rings. The Morgan fingerprint density at radius 2 is 2.20 bits per heavy atom. The molecular formula is C14H21N3O3. The van der Waals surface area contributed by atoms with Crippen LogP contribution in [-0.4, -0.2) is 23.6 Å². The number of benzene rings is 1. The number of nitrogens with one attached hydrogen (secondary N) is 1. The highest BCUT2D eigenvalue weighted by Gasteiger charge is 2.22. The van der Waals surface area contributed by atoms with Crippen molar-refractivity contribution in [1.29, 1.82) is 0 Å². The third-order valence-corrected chi connectivity index (χ3v) is 3.63. The van der Waals surface area contributed by atoms with Gasteiger partial charge in [-0.2, -0.15) is 0 Å². The van der Waals surface area contributed by atoms with E-state index in [1.807, 2.05) is 0 Å². The van der Waals surface area contributed by atoms with E-state index >= 15 is 0 Å². The van der Waals surface area contributed by atoms with Crippen molar-refractivity contribution in [1.82, 2.24) is 0 Å². The summed E-state index contributed by atoms with van der Waals surface area (Å²) in [6, 6.07) is 5.22. The maximum Gasteiger partial charge on any atom is 0.311 e. The highest BCUT2D eigenvalue weighted by molar-refractivity contribution is 5.58. The van der Waals surface area contributed by atoms with Crippen molar-refractivity contribution in [2.75, 3.05) is 11.9 Å². The number of ether oxygens (including phenoxy) is 1. The van der Waals surface area contributed by atoms with Crippen LogP contribution in [0.2, 0.25) is 0 Å². The average molecular weight is 279 g/mol. The van der Waals surface area contributed by atoms with Crippen LogP contribution in [0.1, 0.15) is 32.6 Å². The quantitative estimate of drug-likeness (QED) is 0.638. The van der Waals surface area contributed by atoms with Crippen LogP contribution in [0.25, 0.3) is 0 Å². The van der Waals surface area contributed by atoms with E-state index in [9.17, 15) is 10.1 Å². The molecular weight excluding hydrogens is 258 g/mol. The van der Waals surface area contributed by atoms with Crippen LogP contribution in [0.5, 0.6) is 5.75 Å². The first-order valence-electron chi connectivity index (χ1n) is 7.05. The van der Waals surface area contributed by atoms with Gasteiger partial charge in [-0.15, -0.1) is 0 Å². The van der Waals surface area contributed by atoms with Gasteiger partial charge < -0.3 is 15.8 Å². The van der Waals surface area contributed by atoms with Crippen molar-refractivity contribution in [2.45, 2.75) is 44.7 Å². The molecule has 0 saturated heterocycles. The van der Waals surface area contributed by atoms with Crippen LogP contribution < -0.4 is 15.8 Å². The van der Waals surface area contributed by atoms with Gasteiger partial charge in [-0.1, -0.05) is 12.8 Å². The zero-order chi connectivity index (χ0) is 14.5. The van der Waals surface area contributed by atoms with Crippen molar-refractivity contribution in [3.8, 4) is 5.75 Å². The van der Waals surface area contributed by atoms with Crippen molar-refractivity contribution < 1.29 is 9.66 Å². The summed E-state index contributed by atoms with van der Waals surface area (Å²) in [4.78, 5) is 10.5. The fourth-order valence-corrected chi connectivity index (χ4v) is 2.58. The number of anilines is 1. The summed E-state index contributed by atoms with van der Waals surface area (Å²) in [6.45, 7) is 2.20. The minimum atomic E-state index is -0.429. The van der Waals surface area contributed by atoms with E-state index in [2.05, 4.69) is 5.32 Å². The molecule has 0 radical (unpaired) electrons. The molecule has 6 heteroatoms. The molecule has 1 aromatic rings. The van der Waals surface area contributed by atoms with Crippen LogP contribution >= 0.6 is 0 Å². The Balaban J connectivity index is 2.15. The number of nitro benzene ring substituents is 1. The van der Waals surface area contributed by atoms with Crippen LogP contribution in [0, 0.1) is 10.1 Å². The van der Waals surface area contributed by atoms with Crippen molar-refractivity contribution in [3.63, 3.8) is 0 Å². The molecule has 1 aromatic carbocycles. The Kier molecular flexibility index (Phi) is 4.79. The molecule has 0 bridgehead atoms. The predicted molar refractivity (Wildman–Crippen MR) is 78.1 cm³/mol. The average Bonchev–Trinajstić information content (AvgIpc) is 2.42. The van der Waals surface area contributed by atoms with Crippen molar-refractivity contribution >= 4 is 11.4 Å². The summed E-state index contributed by atoms with van der Waals surface area (Å²) in [5.41, 5.74) is 6.91. The zero-order valence-corrected chi connectivity index (χ0v) is 11.7. The maximum atomic E-state index is 10.9. The molecule has 0 amide bonds. The summed E-state index contributed by atoms with van der Waals surface area (Å²) in [7, 11) is 0. The second kappa shape index (κ2) is 6.56. The first kappa shape index (κ1) is 14.6. The fraction of sp³-hybridized carbons (Fsp3) is 0.571. The van der Waals surface area contributed by atoms with Crippen LogP contribution in [0.4, 0.5) is 11.4 Å². The Hall–Kier alpha value is -1.82. The summed E-state index contributed by atoms with van der Waals surface area (Å²) < 4.78 is 5.34. The van der Waals surface area contributed by atoms with Crippen LogP contribution in [0.15, 0.2) is 18.2 Å². The maximum absolute atomic E-state index is 10.9. The smallest absolute Gasteiger partial charge is 0.311 e. The topological polar surface area (TPSA) is 90.4 Å². The molecule has 0 aromatic heterocycles. The summed E-state index contributed by atoms with van der Waals surface area (Å²) in [6.07, 6.45) is 4.38. The van der Waals surface area contributed by atoms with Gasteiger partial charge in [0.15, 0.2) is 5.75 Å². The van der Waals surface area contributed by atoms with Gasteiger partial charge in [-0.05, 0) is 25.8 Å². The van der Waals surface area contributed by atoms with Crippen molar-refractivity contribution in [3.05, 3.63) is 28.3 Å². The number of nitrogens with zero attached hydrogens (tertiary/aromatic N) is 1. The molecule has 0 aliphatic heterocycles. The normalized spacial score (nSPS) is 22.3. The van der Waals surface area contributed by atoms with E-state index in [-0.39, 0.29) is 17.8 Å². The van der Waals surface area contributed by atoms with Gasteiger partial charge in [-0.3, -0.25) is 10.1 Å². The third-order valence-electron chi connectivity index (χ3n) is 3.63. The first-order chi connectivity index (χ1) is 9.61. The molecule has 1 aliphatic rings. The number of nitro groups is 1. The second-order valence-electron chi connectivity index (χ2n) is 5.07. The highest BCUT2D eigenvalue weighted by atomic mass is 16.6. The lowest BCUT2D eigenvalue weighted by Gasteiger charge is -2.30. The first-order valence-corrected chi connectivity index (χ1v) is 7.05. The largest absolute Gasteiger partial charge is 0.487 e. The summed E-state index contributed by atoms with van der Waals surface area (Å²) in [5, 5.41) is 14.3. The highest BCUT2D eigenvalue weighted by Crippen LogP contribution is 2.31. The number of hydrogen-bond donors (Lipinski definition) is 2. The van der Waals surface area contributed by atoms with E-state index < -0.39 is 4.92 Å². The van der Waals surface area contributed by atoms with Gasteiger partial charge in [-0.25, -0.2) is 0 Å². The van der Waals surface area contributed by atoms with Crippen molar-refractivity contribution in [2.24, 2.45) is 5.73 Å². The van der Waals surface area contributed by atoms with Crippen LogP contribution in [0.3, 0.4) is 0 Å². The SMILES string of the molecule is CCOc1cc(N[C@@H]2CCCC[C@H]2N)ccc1[N+](=O)[O-]. The van der Waals surface area contributed by atoms with E-state index in [1.54, 1.807) is 19.1 Å². The fourth-order valence-electron chi connectivity index (χ4n) is 2.58. The molecule has 3 N–H and O–H groups in total. The molecule has 20 heavy (non-hydrogen) atoms. The Morgan fingerprint density at radius 1 is 1.45 bits per heavy atom. The second-order valence-corrected chi connectivity index (χ2v) is 5.07. The zero-order valence-electron chi connectivity index (χ0n) is 11.7. The van der Waals surface area contributed by atoms with E-state index in [0.717, 1.165) is 24.9 Å². The number of nitrogens with two attached hydrogens (primary N) is 1. The predicted octanol–water partition coefficient (Wildman–Crippen LogP) is 2.68. The van der Waals surface area contributed by atoms with Gasteiger partial charge >= 0.3 is 5.69 Å². The summed E-state index contributed by atoms with van der Waals surface area (Å²) in [5.74, 6) is 0.298. The third kappa shape index (κ3) is 3.39. The van der Waals surface area contributed by atoms with Gasteiger partial charge in [0.1, 0.15) is 0 Å². The Morgan fingerprint density at radius 3 is 2.85 bits per heavy atom. The number of rotatable bonds is 5. The lowest BCUT2D eigenvalue weighted by molar-refractivity contribution is -0.385. The Bertz CT molecular complexity index is 479. The molecule has 6 nitrogen and oxygen atoms in total. The van der Waals surface area contributed by atoms with Crippen LogP contribution in [-0.2, 0) is 0 Å². The molecule has 1 aliphatic carbocycles. The molecule has 2 atom stereocenters. The van der Waals surface area contributed by atoms with Gasteiger partial charge in [0.2, 0.25) is 0 Å². The molecule has 2 rings (SSSR count). The standard InChI is InChI=1S/C14H21N3O3/c1-2-20-14-9-10(7-8-13(14)17(18)19)16-12-6-4-3-5-11(12)15/h7-9,11-12,16H,2-6,15H2,1H3/t11-,12-/m1/s1. The Labute approximate surface area is 118 Å².